The molecule has 1 heterocycles. The van der Waals surface area contributed by atoms with Crippen LogP contribution in [-0.2, 0) is 0 Å². The highest BCUT2D eigenvalue weighted by Crippen LogP contribution is 2.28. The molecule has 0 bridgehead atoms. The van der Waals surface area contributed by atoms with E-state index in [-0.39, 0.29) is 11.1 Å². The van der Waals surface area contributed by atoms with Gasteiger partial charge in [0, 0.05) is 4.47 Å². The summed E-state index contributed by atoms with van der Waals surface area (Å²) in [6.45, 7) is -1.10. The summed E-state index contributed by atoms with van der Waals surface area (Å²) in [5, 5.41) is 8.93. The first-order valence-electron chi connectivity index (χ1n) is 5.12. The van der Waals surface area contributed by atoms with Crippen molar-refractivity contribution in [3.05, 3.63) is 33.8 Å². The van der Waals surface area contributed by atoms with Gasteiger partial charge in [0.2, 0.25) is 0 Å². The van der Waals surface area contributed by atoms with Crippen molar-refractivity contribution >= 4 is 27.7 Å². The highest BCUT2D eigenvalue weighted by atomic mass is 79.9. The molecule has 19 heavy (non-hydrogen) atoms. The van der Waals surface area contributed by atoms with E-state index in [0.29, 0.717) is 9.37 Å². The number of amides is 2. The number of aliphatic hydroxyl groups excluding tert-OH is 1. The van der Waals surface area contributed by atoms with E-state index in [2.05, 4.69) is 15.9 Å². The number of nitrogens with zero attached hydrogens (tertiary/aromatic N) is 1. The molecule has 0 radical (unpaired) electrons. The van der Waals surface area contributed by atoms with Crippen LogP contribution >= 0.6 is 15.9 Å². The fourth-order valence-electron chi connectivity index (χ4n) is 1.71. The van der Waals surface area contributed by atoms with Crippen molar-refractivity contribution in [3.63, 3.8) is 0 Å². The van der Waals surface area contributed by atoms with Crippen LogP contribution in [0.5, 0.6) is 0 Å². The maximum absolute atomic E-state index is 12.2. The summed E-state index contributed by atoms with van der Waals surface area (Å²) in [5.74, 6) is -1.68. The van der Waals surface area contributed by atoms with Crippen molar-refractivity contribution < 1.29 is 27.9 Å². The van der Waals surface area contributed by atoms with Gasteiger partial charge in [-0.1, -0.05) is 15.9 Å². The Balaban J connectivity index is 2.28. The number of aliphatic hydroxyl groups is 1. The summed E-state index contributed by atoms with van der Waals surface area (Å²) < 4.78 is 37.3. The van der Waals surface area contributed by atoms with E-state index in [0.717, 1.165) is 0 Å². The molecule has 0 fully saturated rings. The smallest absolute Gasteiger partial charge is 0.382 e. The summed E-state index contributed by atoms with van der Waals surface area (Å²) in [5.41, 5.74) is 0.0522. The highest BCUT2D eigenvalue weighted by molar-refractivity contribution is 9.10. The number of imide groups is 1. The maximum Gasteiger partial charge on any atom is 0.416 e. The largest absolute Gasteiger partial charge is 0.416 e. The van der Waals surface area contributed by atoms with Gasteiger partial charge in [0.05, 0.1) is 17.7 Å². The van der Waals surface area contributed by atoms with Gasteiger partial charge in [0.25, 0.3) is 11.8 Å². The first kappa shape index (κ1) is 14.0. The SMILES string of the molecule is O=C1c2ccc(Br)cc2C(=O)N1CC(O)C(F)(F)F. The monoisotopic (exact) mass is 337 g/mol. The summed E-state index contributed by atoms with van der Waals surface area (Å²) in [6.07, 6.45) is -7.63. The van der Waals surface area contributed by atoms with Crippen LogP contribution in [0.1, 0.15) is 20.7 Å². The molecule has 0 saturated carbocycles. The van der Waals surface area contributed by atoms with Gasteiger partial charge in [-0.3, -0.25) is 14.5 Å². The molecule has 0 aliphatic carbocycles. The molecule has 1 aromatic rings. The fraction of sp³-hybridized carbons (Fsp3) is 0.273. The van der Waals surface area contributed by atoms with Crippen LogP contribution in [-0.4, -0.2) is 40.6 Å². The number of benzene rings is 1. The molecular formula is C11H7BrF3NO3. The second-order valence-electron chi connectivity index (χ2n) is 3.97. The zero-order chi connectivity index (χ0) is 14.4. The van der Waals surface area contributed by atoms with Gasteiger partial charge in [-0.15, -0.1) is 0 Å². The topological polar surface area (TPSA) is 57.6 Å². The van der Waals surface area contributed by atoms with Crippen molar-refractivity contribution in [2.24, 2.45) is 0 Å². The van der Waals surface area contributed by atoms with Gasteiger partial charge in [-0.05, 0) is 18.2 Å². The Labute approximate surface area is 113 Å². The number of alkyl halides is 3. The Morgan fingerprint density at radius 1 is 1.21 bits per heavy atom. The van der Waals surface area contributed by atoms with Crippen LogP contribution in [0.15, 0.2) is 22.7 Å². The van der Waals surface area contributed by atoms with E-state index in [1.54, 1.807) is 0 Å². The van der Waals surface area contributed by atoms with Crippen LogP contribution in [0.3, 0.4) is 0 Å². The lowest BCUT2D eigenvalue weighted by Crippen LogP contribution is -2.43. The molecule has 4 nitrogen and oxygen atoms in total. The Morgan fingerprint density at radius 2 is 1.79 bits per heavy atom. The number of carbonyl (C=O) groups excluding carboxylic acids is 2. The Kier molecular flexibility index (Phi) is 3.40. The van der Waals surface area contributed by atoms with Gasteiger partial charge in [-0.25, -0.2) is 0 Å². The average Bonchev–Trinajstić information content (AvgIpc) is 2.53. The van der Waals surface area contributed by atoms with Crippen molar-refractivity contribution in [2.45, 2.75) is 12.3 Å². The normalized spacial score (nSPS) is 16.8. The van der Waals surface area contributed by atoms with Gasteiger partial charge in [-0.2, -0.15) is 13.2 Å². The number of rotatable bonds is 2. The predicted octanol–water partition coefficient (Wildman–Crippen LogP) is 1.97. The first-order valence-corrected chi connectivity index (χ1v) is 5.91. The van der Waals surface area contributed by atoms with E-state index in [9.17, 15) is 22.8 Å². The standard InChI is InChI=1S/C11H7BrF3NO3/c12-5-1-2-6-7(3-5)10(19)16(9(6)18)4-8(17)11(13,14)15/h1-3,8,17H,4H2. The number of hydrogen-bond donors (Lipinski definition) is 1. The van der Waals surface area contributed by atoms with E-state index in [4.69, 9.17) is 5.11 Å². The summed E-state index contributed by atoms with van der Waals surface area (Å²) in [4.78, 5) is 24.0. The number of hydrogen-bond acceptors (Lipinski definition) is 3. The van der Waals surface area contributed by atoms with Gasteiger partial charge >= 0.3 is 6.18 Å². The van der Waals surface area contributed by atoms with Crippen molar-refractivity contribution in [1.29, 1.82) is 0 Å². The molecule has 8 heteroatoms. The van der Waals surface area contributed by atoms with Gasteiger partial charge in [0.1, 0.15) is 0 Å². The molecule has 1 N–H and O–H groups in total. The van der Waals surface area contributed by atoms with Crippen LogP contribution in [0.25, 0.3) is 0 Å². The Morgan fingerprint density at radius 3 is 2.37 bits per heavy atom. The van der Waals surface area contributed by atoms with Crippen LogP contribution in [0.4, 0.5) is 13.2 Å². The number of β-amino-alcohol motifs (C(OH)–C–C–N with tert-alkyl or cyclic N) is 1. The zero-order valence-corrected chi connectivity index (χ0v) is 10.8. The van der Waals surface area contributed by atoms with Gasteiger partial charge < -0.3 is 5.11 Å². The quantitative estimate of drug-likeness (QED) is 0.839. The average molecular weight is 338 g/mol. The number of carbonyl (C=O) groups is 2. The van der Waals surface area contributed by atoms with E-state index in [1.165, 1.54) is 18.2 Å². The number of fused-ring (bicyclic) bond motifs is 1. The molecular weight excluding hydrogens is 331 g/mol. The first-order chi connectivity index (χ1) is 8.71. The van der Waals surface area contributed by atoms with E-state index < -0.39 is 30.6 Å². The Hall–Kier alpha value is -1.41. The molecule has 0 saturated heterocycles. The van der Waals surface area contributed by atoms with E-state index >= 15 is 0 Å². The molecule has 2 rings (SSSR count). The summed E-state index contributed by atoms with van der Waals surface area (Å²) in [7, 11) is 0. The minimum Gasteiger partial charge on any atom is -0.382 e. The third-order valence-electron chi connectivity index (χ3n) is 2.67. The van der Waals surface area contributed by atoms with Crippen molar-refractivity contribution in [3.8, 4) is 0 Å². The lowest BCUT2D eigenvalue weighted by atomic mass is 10.1. The molecule has 1 atom stereocenters. The lowest BCUT2D eigenvalue weighted by molar-refractivity contribution is -0.204. The zero-order valence-electron chi connectivity index (χ0n) is 9.24. The van der Waals surface area contributed by atoms with Crippen molar-refractivity contribution in [2.75, 3.05) is 6.54 Å². The molecule has 1 aromatic carbocycles. The molecule has 0 spiro atoms. The third kappa shape index (κ3) is 2.50. The predicted molar refractivity (Wildman–Crippen MR) is 61.6 cm³/mol. The Bertz CT molecular complexity index is 559. The molecule has 1 unspecified atom stereocenters. The van der Waals surface area contributed by atoms with Crippen LogP contribution < -0.4 is 0 Å². The third-order valence-corrected chi connectivity index (χ3v) is 3.16. The fourth-order valence-corrected chi connectivity index (χ4v) is 2.07. The minimum absolute atomic E-state index is 0.0220. The van der Waals surface area contributed by atoms with Gasteiger partial charge in [0.15, 0.2) is 6.10 Å². The van der Waals surface area contributed by atoms with E-state index in [1.807, 2.05) is 0 Å². The molecule has 2 amide bonds. The second kappa shape index (κ2) is 4.61. The summed E-state index contributed by atoms with van der Waals surface area (Å²) >= 11 is 3.10. The number of halogens is 4. The lowest BCUT2D eigenvalue weighted by Gasteiger charge is -2.20. The van der Waals surface area contributed by atoms with Crippen LogP contribution in [0.2, 0.25) is 0 Å². The molecule has 102 valence electrons. The highest BCUT2D eigenvalue weighted by Gasteiger charge is 2.44. The molecule has 1 aliphatic heterocycles. The molecule has 0 aromatic heterocycles. The second-order valence-corrected chi connectivity index (χ2v) is 4.88. The summed E-state index contributed by atoms with van der Waals surface area (Å²) in [6, 6.07) is 4.21. The van der Waals surface area contributed by atoms with Crippen LogP contribution in [0, 0.1) is 0 Å². The molecule has 1 aliphatic rings. The maximum atomic E-state index is 12.2. The van der Waals surface area contributed by atoms with Crippen molar-refractivity contribution in [1.82, 2.24) is 4.90 Å². The minimum atomic E-state index is -4.88.